The van der Waals surface area contributed by atoms with Crippen LogP contribution in [-0.2, 0) is 0 Å². The van der Waals surface area contributed by atoms with Gasteiger partial charge in [0, 0.05) is 5.56 Å². The molecule has 0 bridgehead atoms. The van der Waals surface area contributed by atoms with E-state index < -0.39 is 12.0 Å². The van der Waals surface area contributed by atoms with Crippen molar-refractivity contribution in [3.63, 3.8) is 0 Å². The zero-order valence-corrected chi connectivity index (χ0v) is 8.77. The molecule has 16 heavy (non-hydrogen) atoms. The van der Waals surface area contributed by atoms with Gasteiger partial charge in [-0.25, -0.2) is 0 Å². The van der Waals surface area contributed by atoms with Gasteiger partial charge in [0.1, 0.15) is 6.09 Å². The van der Waals surface area contributed by atoms with Crippen molar-refractivity contribution in [3.8, 4) is 11.5 Å². The van der Waals surface area contributed by atoms with Gasteiger partial charge in [-0.2, -0.15) is 0 Å². The summed E-state index contributed by atoms with van der Waals surface area (Å²) in [6.07, 6.45) is -1.65. The monoisotopic (exact) mass is 224 g/mol. The van der Waals surface area contributed by atoms with E-state index in [4.69, 9.17) is 9.47 Å². The van der Waals surface area contributed by atoms with Gasteiger partial charge in [0.05, 0.1) is 14.2 Å². The predicted octanol–water partition coefficient (Wildman–Crippen LogP) is -0.223. The average Bonchev–Trinajstić information content (AvgIpc) is 2.27. The first kappa shape index (κ1) is 11.8. The smallest absolute Gasteiger partial charge is 0.256 e. The van der Waals surface area contributed by atoms with Crippen LogP contribution in [0.4, 0.5) is 4.79 Å². The summed E-state index contributed by atoms with van der Waals surface area (Å²) in [5, 5.41) is 11.8. The Bertz CT molecular complexity index is 416. The molecule has 0 aromatic heterocycles. The number of carbonyl (C=O) groups is 2. The molecule has 6 heteroatoms. The molecule has 0 radical (unpaired) electrons. The number of methoxy groups -OCH3 is 2. The highest BCUT2D eigenvalue weighted by Crippen LogP contribution is 2.27. The van der Waals surface area contributed by atoms with Crippen molar-refractivity contribution in [1.29, 1.82) is 0 Å². The van der Waals surface area contributed by atoms with Gasteiger partial charge in [0.2, 0.25) is 0 Å². The summed E-state index contributed by atoms with van der Waals surface area (Å²) in [4.78, 5) is 21.5. The maximum absolute atomic E-state index is 11.3. The summed E-state index contributed by atoms with van der Waals surface area (Å²) >= 11 is 0. The third-order valence-electron chi connectivity index (χ3n) is 1.86. The van der Waals surface area contributed by atoms with E-state index in [0.717, 1.165) is 0 Å². The topological polar surface area (TPSA) is 87.7 Å². The highest BCUT2D eigenvalue weighted by molar-refractivity contribution is 6.02. The van der Waals surface area contributed by atoms with Crippen LogP contribution in [0.15, 0.2) is 18.2 Å². The van der Waals surface area contributed by atoms with Crippen molar-refractivity contribution in [1.82, 2.24) is 5.32 Å². The molecule has 0 saturated carbocycles. The summed E-state index contributed by atoms with van der Waals surface area (Å²) in [5.74, 6) is 0.0157. The highest BCUT2D eigenvalue weighted by Gasteiger charge is 2.10. The Balaban J connectivity index is 2.98. The normalized spacial score (nSPS) is 9.38. The van der Waals surface area contributed by atoms with E-state index in [1.807, 2.05) is 0 Å². The number of hydrogen-bond acceptors (Lipinski definition) is 5. The number of benzene rings is 1. The molecule has 0 aliphatic rings. The lowest BCUT2D eigenvalue weighted by atomic mass is 10.2. The average molecular weight is 224 g/mol. The fourth-order valence-corrected chi connectivity index (χ4v) is 1.14. The number of hydrogen-bond donors (Lipinski definition) is 1. The largest absolute Gasteiger partial charge is 0.530 e. The van der Waals surface area contributed by atoms with E-state index in [1.54, 1.807) is 5.32 Å². The fourth-order valence-electron chi connectivity index (χ4n) is 1.14. The SMILES string of the molecule is COc1ccc(C(=O)NC(=O)[O-])cc1OC. The van der Waals surface area contributed by atoms with Gasteiger partial charge in [-0.05, 0) is 18.2 Å². The summed E-state index contributed by atoms with van der Waals surface area (Å²) in [6, 6.07) is 4.29. The van der Waals surface area contributed by atoms with Crippen LogP contribution in [0, 0.1) is 0 Å². The molecule has 1 aromatic carbocycles. The zero-order chi connectivity index (χ0) is 12.1. The Morgan fingerprint density at radius 1 is 1.19 bits per heavy atom. The summed E-state index contributed by atoms with van der Waals surface area (Å²) < 4.78 is 9.93. The van der Waals surface area contributed by atoms with E-state index in [0.29, 0.717) is 11.5 Å². The molecule has 0 atom stereocenters. The Morgan fingerprint density at radius 3 is 2.31 bits per heavy atom. The van der Waals surface area contributed by atoms with Crippen LogP contribution >= 0.6 is 0 Å². The number of carbonyl (C=O) groups excluding carboxylic acids is 2. The lowest BCUT2D eigenvalue weighted by Gasteiger charge is -2.09. The molecule has 2 amide bonds. The van der Waals surface area contributed by atoms with Gasteiger partial charge in [-0.1, -0.05) is 0 Å². The molecule has 0 aliphatic heterocycles. The van der Waals surface area contributed by atoms with E-state index in [2.05, 4.69) is 0 Å². The zero-order valence-electron chi connectivity index (χ0n) is 8.77. The number of imide groups is 1. The Labute approximate surface area is 91.8 Å². The van der Waals surface area contributed by atoms with Crippen LogP contribution in [0.5, 0.6) is 11.5 Å². The highest BCUT2D eigenvalue weighted by atomic mass is 16.5. The third-order valence-corrected chi connectivity index (χ3v) is 1.86. The van der Waals surface area contributed by atoms with E-state index >= 15 is 0 Å². The molecule has 0 spiro atoms. The minimum Gasteiger partial charge on any atom is -0.530 e. The van der Waals surface area contributed by atoms with E-state index in [1.165, 1.54) is 32.4 Å². The third kappa shape index (κ3) is 2.63. The van der Waals surface area contributed by atoms with Crippen molar-refractivity contribution >= 4 is 12.0 Å². The van der Waals surface area contributed by atoms with Gasteiger partial charge in [0.25, 0.3) is 5.91 Å². The quantitative estimate of drug-likeness (QED) is 0.766. The van der Waals surface area contributed by atoms with Crippen molar-refractivity contribution in [2.45, 2.75) is 0 Å². The molecule has 1 rings (SSSR count). The number of nitrogens with one attached hydrogen (secondary N) is 1. The first-order valence-electron chi connectivity index (χ1n) is 4.33. The van der Waals surface area contributed by atoms with Gasteiger partial charge in [-0.15, -0.1) is 0 Å². The Kier molecular flexibility index (Phi) is 3.71. The van der Waals surface area contributed by atoms with E-state index in [9.17, 15) is 14.7 Å². The molecule has 6 nitrogen and oxygen atoms in total. The van der Waals surface area contributed by atoms with Crippen molar-refractivity contribution < 1.29 is 24.2 Å². The second-order valence-electron chi connectivity index (χ2n) is 2.81. The summed E-state index contributed by atoms with van der Waals surface area (Å²) in [6.45, 7) is 0. The van der Waals surface area contributed by atoms with E-state index in [-0.39, 0.29) is 5.56 Å². The number of carboxylic acid groups (broad SMARTS) is 1. The van der Waals surface area contributed by atoms with Crippen LogP contribution in [0.25, 0.3) is 0 Å². The van der Waals surface area contributed by atoms with Gasteiger partial charge >= 0.3 is 0 Å². The van der Waals surface area contributed by atoms with Crippen LogP contribution in [0.2, 0.25) is 0 Å². The number of amides is 2. The van der Waals surface area contributed by atoms with Crippen LogP contribution in [0.1, 0.15) is 10.4 Å². The maximum atomic E-state index is 11.3. The fraction of sp³-hybridized carbons (Fsp3) is 0.200. The minimum absolute atomic E-state index is 0.141. The molecule has 0 unspecified atom stereocenters. The van der Waals surface area contributed by atoms with Gasteiger partial charge < -0.3 is 24.7 Å². The number of ether oxygens (including phenoxy) is 2. The first-order valence-corrected chi connectivity index (χ1v) is 4.33. The Morgan fingerprint density at radius 2 is 1.81 bits per heavy atom. The van der Waals surface area contributed by atoms with Crippen LogP contribution in [0.3, 0.4) is 0 Å². The minimum atomic E-state index is -1.65. The molecule has 0 saturated heterocycles. The lowest BCUT2D eigenvalue weighted by molar-refractivity contribution is -0.249. The molecular formula is C10H10NO5-. The molecule has 1 aromatic rings. The standard InChI is InChI=1S/C10H11NO5/c1-15-7-4-3-6(5-8(7)16-2)9(12)11-10(13)14/h3-5H,1-2H3,(H,11,12)(H,13,14)/p-1. The molecular weight excluding hydrogens is 214 g/mol. The van der Waals surface area contributed by atoms with Crippen LogP contribution < -0.4 is 19.9 Å². The molecule has 86 valence electrons. The summed E-state index contributed by atoms with van der Waals surface area (Å²) in [7, 11) is 2.87. The van der Waals surface area contributed by atoms with Crippen LogP contribution in [-0.4, -0.2) is 26.2 Å². The van der Waals surface area contributed by atoms with Crippen molar-refractivity contribution in [2.75, 3.05) is 14.2 Å². The molecule has 1 N–H and O–H groups in total. The second-order valence-corrected chi connectivity index (χ2v) is 2.81. The molecule has 0 heterocycles. The van der Waals surface area contributed by atoms with Crippen molar-refractivity contribution in [2.24, 2.45) is 0 Å². The van der Waals surface area contributed by atoms with Crippen molar-refractivity contribution in [3.05, 3.63) is 23.8 Å². The maximum Gasteiger partial charge on any atom is 0.256 e. The summed E-state index contributed by atoms with van der Waals surface area (Å²) in [5.41, 5.74) is 0.141. The van der Waals surface area contributed by atoms with Gasteiger partial charge in [0.15, 0.2) is 11.5 Å². The molecule has 0 aliphatic carbocycles. The Hall–Kier alpha value is -2.24. The molecule has 0 fully saturated rings. The van der Waals surface area contributed by atoms with Gasteiger partial charge in [-0.3, -0.25) is 4.79 Å². The first-order chi connectivity index (χ1) is 7.58. The predicted molar refractivity (Wildman–Crippen MR) is 52.4 cm³/mol. The second kappa shape index (κ2) is 5.01. The lowest BCUT2D eigenvalue weighted by Crippen LogP contribution is -2.40. The number of rotatable bonds is 3.